The first-order valence-corrected chi connectivity index (χ1v) is 15.1. The molecule has 0 aromatic heterocycles. The minimum atomic E-state index is -4.83. The lowest BCUT2D eigenvalue weighted by Gasteiger charge is -2.24. The number of alkyl halides is 6. The molecular weight excluding hydrogens is 612 g/mol. The SMILES string of the molecule is CCS(=O)(=O)c1ccc([C@H](CC#N)NC(=O)c2ccc(N3CC[C@@H](Oc4ccc(C(F)(F)F)cc4)C3)c(C(F)(F)F)c2)cc1. The predicted octanol–water partition coefficient (Wildman–Crippen LogP) is 6.56. The maximum Gasteiger partial charge on any atom is 0.418 e. The predicted molar refractivity (Wildman–Crippen MR) is 149 cm³/mol. The fourth-order valence-electron chi connectivity index (χ4n) is 4.80. The Kier molecular flexibility index (Phi) is 9.48. The van der Waals surface area contributed by atoms with Crippen LogP contribution in [0.1, 0.15) is 52.9 Å². The van der Waals surface area contributed by atoms with Gasteiger partial charge in [0.15, 0.2) is 9.84 Å². The van der Waals surface area contributed by atoms with Crippen molar-refractivity contribution in [2.75, 3.05) is 23.7 Å². The first kappa shape index (κ1) is 32.7. The summed E-state index contributed by atoms with van der Waals surface area (Å²) < 4.78 is 111. The first-order chi connectivity index (χ1) is 20.6. The molecule has 2 atom stereocenters. The Labute approximate surface area is 250 Å². The second-order valence-electron chi connectivity index (χ2n) is 10.1. The summed E-state index contributed by atoms with van der Waals surface area (Å²) in [6.45, 7) is 1.69. The van der Waals surface area contributed by atoms with Crippen LogP contribution in [0.2, 0.25) is 0 Å². The van der Waals surface area contributed by atoms with Gasteiger partial charge in [-0.3, -0.25) is 4.79 Å². The van der Waals surface area contributed by atoms with Gasteiger partial charge in [-0.15, -0.1) is 0 Å². The molecule has 3 aromatic rings. The molecule has 1 fully saturated rings. The van der Waals surface area contributed by atoms with Crippen molar-refractivity contribution < 1.29 is 44.3 Å². The van der Waals surface area contributed by atoms with E-state index in [0.29, 0.717) is 12.0 Å². The first-order valence-electron chi connectivity index (χ1n) is 13.4. The minimum absolute atomic E-state index is 0.0314. The molecular formula is C30H27F6N3O4S. The van der Waals surface area contributed by atoms with Crippen molar-refractivity contribution in [3.63, 3.8) is 0 Å². The van der Waals surface area contributed by atoms with E-state index >= 15 is 0 Å². The van der Waals surface area contributed by atoms with Gasteiger partial charge in [0.2, 0.25) is 0 Å². The Hall–Kier alpha value is -4.25. The standard InChI is InChI=1S/C30H27F6N3O4S/c1-2-44(41,42)24-10-3-19(4-11-24)26(13-15-37)38-28(40)20-5-12-27(25(17-20)30(34,35)36)39-16-14-23(18-39)43-22-8-6-21(7-9-22)29(31,32)33/h3-12,17,23,26H,2,13-14,16,18H2,1H3,(H,38,40)/t23-,26+/m1/s1. The molecule has 0 aliphatic carbocycles. The molecule has 1 aliphatic heterocycles. The molecule has 14 heteroatoms. The fourth-order valence-corrected chi connectivity index (χ4v) is 5.68. The molecule has 0 bridgehead atoms. The van der Waals surface area contributed by atoms with Crippen LogP contribution in [0.4, 0.5) is 32.0 Å². The highest BCUT2D eigenvalue weighted by Crippen LogP contribution is 2.39. The van der Waals surface area contributed by atoms with Crippen LogP contribution in [0.15, 0.2) is 71.6 Å². The maximum atomic E-state index is 14.2. The van der Waals surface area contributed by atoms with Gasteiger partial charge in [-0.05, 0) is 60.2 Å². The van der Waals surface area contributed by atoms with Crippen molar-refractivity contribution in [3.05, 3.63) is 89.0 Å². The average molecular weight is 640 g/mol. The molecule has 3 aromatic carbocycles. The fraction of sp³-hybridized carbons (Fsp3) is 0.333. The van der Waals surface area contributed by atoms with Crippen LogP contribution < -0.4 is 15.0 Å². The summed E-state index contributed by atoms with van der Waals surface area (Å²) in [4.78, 5) is 14.5. The highest BCUT2D eigenvalue weighted by Gasteiger charge is 2.38. The van der Waals surface area contributed by atoms with Gasteiger partial charge in [-0.25, -0.2) is 8.42 Å². The van der Waals surface area contributed by atoms with Crippen LogP contribution in [0.3, 0.4) is 0 Å². The van der Waals surface area contributed by atoms with E-state index in [0.717, 1.165) is 30.3 Å². The summed E-state index contributed by atoms with van der Waals surface area (Å²) >= 11 is 0. The van der Waals surface area contributed by atoms with E-state index in [1.165, 1.54) is 48.2 Å². The van der Waals surface area contributed by atoms with E-state index in [1.54, 1.807) is 0 Å². The number of hydrogen-bond acceptors (Lipinski definition) is 6. The molecule has 7 nitrogen and oxygen atoms in total. The van der Waals surface area contributed by atoms with Crippen molar-refractivity contribution in [1.82, 2.24) is 5.32 Å². The number of nitrogens with zero attached hydrogens (tertiary/aromatic N) is 2. The molecule has 1 heterocycles. The number of anilines is 1. The van der Waals surface area contributed by atoms with Crippen LogP contribution in [-0.2, 0) is 22.2 Å². The molecule has 234 valence electrons. The lowest BCUT2D eigenvalue weighted by atomic mass is 10.0. The van der Waals surface area contributed by atoms with Crippen molar-refractivity contribution in [2.45, 2.75) is 49.2 Å². The van der Waals surface area contributed by atoms with Crippen molar-refractivity contribution in [1.29, 1.82) is 5.26 Å². The van der Waals surface area contributed by atoms with Gasteiger partial charge in [0.25, 0.3) is 5.91 Å². The summed E-state index contributed by atoms with van der Waals surface area (Å²) in [5, 5.41) is 11.8. The third kappa shape index (κ3) is 7.63. The lowest BCUT2D eigenvalue weighted by molar-refractivity contribution is -0.138. The summed E-state index contributed by atoms with van der Waals surface area (Å²) in [6.07, 6.45) is -9.83. The molecule has 0 saturated carbocycles. The van der Waals surface area contributed by atoms with Crippen molar-refractivity contribution in [2.24, 2.45) is 0 Å². The van der Waals surface area contributed by atoms with E-state index in [4.69, 9.17) is 4.74 Å². The van der Waals surface area contributed by atoms with E-state index < -0.39 is 51.4 Å². The summed E-state index contributed by atoms with van der Waals surface area (Å²) in [5.41, 5.74) is -2.00. The van der Waals surface area contributed by atoms with Crippen LogP contribution in [0.25, 0.3) is 0 Å². The smallest absolute Gasteiger partial charge is 0.418 e. The van der Waals surface area contributed by atoms with Crippen LogP contribution >= 0.6 is 0 Å². The third-order valence-corrected chi connectivity index (χ3v) is 8.91. The molecule has 44 heavy (non-hydrogen) atoms. The number of carbonyl (C=O) groups excluding carboxylic acids is 1. The Balaban J connectivity index is 1.50. The second-order valence-corrected chi connectivity index (χ2v) is 12.4. The van der Waals surface area contributed by atoms with E-state index in [-0.39, 0.29) is 47.2 Å². The summed E-state index contributed by atoms with van der Waals surface area (Å²) in [6, 6.07) is 13.7. The van der Waals surface area contributed by atoms with Gasteiger partial charge in [-0.1, -0.05) is 19.1 Å². The lowest BCUT2D eigenvalue weighted by Crippen LogP contribution is -2.30. The zero-order valence-corrected chi connectivity index (χ0v) is 24.1. The van der Waals surface area contributed by atoms with Crippen LogP contribution in [0, 0.1) is 11.3 Å². The second kappa shape index (κ2) is 12.8. The summed E-state index contributed by atoms with van der Waals surface area (Å²) in [7, 11) is -3.48. The largest absolute Gasteiger partial charge is 0.489 e. The van der Waals surface area contributed by atoms with Crippen molar-refractivity contribution in [3.8, 4) is 11.8 Å². The van der Waals surface area contributed by atoms with E-state index in [9.17, 15) is 44.8 Å². The van der Waals surface area contributed by atoms with Gasteiger partial charge in [0.05, 0.1) is 46.9 Å². The zero-order chi connectivity index (χ0) is 32.3. The van der Waals surface area contributed by atoms with Gasteiger partial charge >= 0.3 is 12.4 Å². The van der Waals surface area contributed by atoms with Crippen LogP contribution in [0.5, 0.6) is 5.75 Å². The molecule has 0 spiro atoms. The van der Waals surface area contributed by atoms with Gasteiger partial charge in [-0.2, -0.15) is 31.6 Å². The molecule has 0 radical (unpaired) electrons. The topological polar surface area (TPSA) is 99.5 Å². The normalized spacial score (nSPS) is 16.3. The van der Waals surface area contributed by atoms with E-state index in [1.807, 2.05) is 6.07 Å². The van der Waals surface area contributed by atoms with Crippen molar-refractivity contribution >= 4 is 21.4 Å². The quantitative estimate of drug-likeness (QED) is 0.266. The Morgan fingerprint density at radius 2 is 1.68 bits per heavy atom. The Morgan fingerprint density at radius 1 is 1.02 bits per heavy atom. The number of halogens is 6. The number of nitrogens with one attached hydrogen (secondary N) is 1. The van der Waals surface area contributed by atoms with Gasteiger partial charge < -0.3 is 15.0 Å². The molecule has 1 aliphatic rings. The maximum absolute atomic E-state index is 14.2. The summed E-state index contributed by atoms with van der Waals surface area (Å²) in [5.74, 6) is -0.828. The number of amides is 1. The van der Waals surface area contributed by atoms with Gasteiger partial charge in [0, 0.05) is 24.2 Å². The highest BCUT2D eigenvalue weighted by atomic mass is 32.2. The monoisotopic (exact) mass is 639 g/mol. The molecule has 1 amide bonds. The average Bonchev–Trinajstić information content (AvgIpc) is 3.44. The number of carbonyl (C=O) groups is 1. The molecule has 1 saturated heterocycles. The number of nitriles is 1. The zero-order valence-electron chi connectivity index (χ0n) is 23.2. The number of hydrogen-bond donors (Lipinski definition) is 1. The number of ether oxygens (including phenoxy) is 1. The molecule has 0 unspecified atom stereocenters. The molecule has 1 N–H and O–H groups in total. The van der Waals surface area contributed by atoms with Gasteiger partial charge in [0.1, 0.15) is 11.9 Å². The minimum Gasteiger partial charge on any atom is -0.489 e. The molecule has 4 rings (SSSR count). The number of benzene rings is 3. The Bertz CT molecular complexity index is 1630. The third-order valence-electron chi connectivity index (χ3n) is 7.16. The highest BCUT2D eigenvalue weighted by molar-refractivity contribution is 7.91. The van der Waals surface area contributed by atoms with Crippen LogP contribution in [-0.4, -0.2) is 39.3 Å². The Morgan fingerprint density at radius 3 is 2.25 bits per heavy atom. The van der Waals surface area contributed by atoms with E-state index in [2.05, 4.69) is 5.32 Å². The number of sulfone groups is 1. The number of rotatable bonds is 9.